The summed E-state index contributed by atoms with van der Waals surface area (Å²) >= 11 is 0. The van der Waals surface area contributed by atoms with Crippen molar-refractivity contribution >= 4 is 16.6 Å². The summed E-state index contributed by atoms with van der Waals surface area (Å²) in [4.78, 5) is 6.95. The van der Waals surface area contributed by atoms with Crippen LogP contribution in [0.1, 0.15) is 19.3 Å². The Kier molecular flexibility index (Phi) is 3.94. The van der Waals surface area contributed by atoms with Gasteiger partial charge in [-0.3, -0.25) is 4.98 Å². The molecule has 1 aromatic heterocycles. The second-order valence-electron chi connectivity index (χ2n) is 5.20. The Morgan fingerprint density at radius 3 is 2.84 bits per heavy atom. The lowest BCUT2D eigenvalue weighted by atomic mass is 10.2. The van der Waals surface area contributed by atoms with Crippen LogP contribution in [0.2, 0.25) is 0 Å². The van der Waals surface area contributed by atoms with Gasteiger partial charge in [-0.05, 0) is 51.0 Å². The predicted molar refractivity (Wildman–Crippen MR) is 80.5 cm³/mol. The first kappa shape index (κ1) is 12.4. The number of nitrogens with zero attached hydrogens (tertiary/aromatic N) is 2. The molecular formula is C16H21N3. The van der Waals surface area contributed by atoms with E-state index in [4.69, 9.17) is 0 Å². The third-order valence-electron chi connectivity index (χ3n) is 3.81. The van der Waals surface area contributed by atoms with E-state index in [0.717, 1.165) is 12.1 Å². The van der Waals surface area contributed by atoms with Crippen LogP contribution in [0, 0.1) is 0 Å². The molecule has 1 fully saturated rings. The van der Waals surface area contributed by atoms with Gasteiger partial charge in [0, 0.05) is 23.8 Å². The van der Waals surface area contributed by atoms with E-state index >= 15 is 0 Å². The van der Waals surface area contributed by atoms with Gasteiger partial charge in [0.15, 0.2) is 0 Å². The van der Waals surface area contributed by atoms with Crippen LogP contribution in [-0.2, 0) is 0 Å². The van der Waals surface area contributed by atoms with E-state index in [0.29, 0.717) is 0 Å². The molecule has 0 spiro atoms. The zero-order valence-corrected chi connectivity index (χ0v) is 11.3. The molecule has 3 nitrogen and oxygen atoms in total. The van der Waals surface area contributed by atoms with Gasteiger partial charge < -0.3 is 10.2 Å². The Labute approximate surface area is 114 Å². The monoisotopic (exact) mass is 255 g/mol. The van der Waals surface area contributed by atoms with E-state index in [2.05, 4.69) is 39.5 Å². The number of fused-ring (bicyclic) bond motifs is 1. The van der Waals surface area contributed by atoms with E-state index in [-0.39, 0.29) is 0 Å². The summed E-state index contributed by atoms with van der Waals surface area (Å²) < 4.78 is 0. The lowest BCUT2D eigenvalue weighted by Gasteiger charge is -2.15. The van der Waals surface area contributed by atoms with Gasteiger partial charge >= 0.3 is 0 Å². The van der Waals surface area contributed by atoms with Gasteiger partial charge in [-0.1, -0.05) is 18.2 Å². The maximum absolute atomic E-state index is 4.38. The van der Waals surface area contributed by atoms with Crippen LogP contribution in [0.3, 0.4) is 0 Å². The highest BCUT2D eigenvalue weighted by Crippen LogP contribution is 2.20. The Morgan fingerprint density at radius 2 is 1.95 bits per heavy atom. The minimum absolute atomic E-state index is 1.03. The number of benzene rings is 1. The largest absolute Gasteiger partial charge is 0.384 e. The highest BCUT2D eigenvalue weighted by atomic mass is 15.1. The van der Waals surface area contributed by atoms with Gasteiger partial charge in [-0.2, -0.15) is 0 Å². The van der Waals surface area contributed by atoms with Crippen molar-refractivity contribution in [2.24, 2.45) is 0 Å². The molecule has 2 aromatic rings. The van der Waals surface area contributed by atoms with E-state index < -0.39 is 0 Å². The van der Waals surface area contributed by atoms with Crippen LogP contribution in [-0.4, -0.2) is 36.1 Å². The zero-order chi connectivity index (χ0) is 12.9. The van der Waals surface area contributed by atoms with Crippen LogP contribution >= 0.6 is 0 Å². The van der Waals surface area contributed by atoms with Gasteiger partial charge in [-0.15, -0.1) is 0 Å². The Balaban J connectivity index is 1.56. The molecule has 19 heavy (non-hydrogen) atoms. The Morgan fingerprint density at radius 1 is 1.11 bits per heavy atom. The lowest BCUT2D eigenvalue weighted by Crippen LogP contribution is -2.22. The quantitative estimate of drug-likeness (QED) is 0.832. The maximum Gasteiger partial charge on any atom is 0.0722 e. The van der Waals surface area contributed by atoms with Crippen molar-refractivity contribution < 1.29 is 0 Å². The molecule has 1 N–H and O–H groups in total. The van der Waals surface area contributed by atoms with E-state index in [1.165, 1.54) is 50.0 Å². The summed E-state index contributed by atoms with van der Waals surface area (Å²) in [6, 6.07) is 10.4. The Bertz CT molecular complexity index is 527. The van der Waals surface area contributed by atoms with Crippen molar-refractivity contribution in [1.29, 1.82) is 0 Å². The minimum Gasteiger partial charge on any atom is -0.384 e. The van der Waals surface area contributed by atoms with E-state index in [1.54, 1.807) is 0 Å². The number of rotatable bonds is 5. The fraction of sp³-hybridized carbons (Fsp3) is 0.438. The number of nitrogens with one attached hydrogen (secondary N) is 1. The molecule has 100 valence electrons. The molecule has 1 aromatic carbocycles. The standard InChI is InChI=1S/C16H21N3/c1-2-7-15-14(6-1)16(8-10-18-15)17-9-5-13-19-11-3-4-12-19/h1-2,6-8,10H,3-5,9,11-13H2,(H,17,18). The third-order valence-corrected chi connectivity index (χ3v) is 3.81. The topological polar surface area (TPSA) is 28.2 Å². The summed E-state index contributed by atoms with van der Waals surface area (Å²) in [7, 11) is 0. The first-order valence-electron chi connectivity index (χ1n) is 7.23. The molecule has 0 atom stereocenters. The first-order chi connectivity index (χ1) is 9.43. The third kappa shape index (κ3) is 3.04. The molecule has 2 heterocycles. The van der Waals surface area contributed by atoms with E-state index in [1.807, 2.05) is 12.3 Å². The highest BCUT2D eigenvalue weighted by molar-refractivity contribution is 5.90. The van der Waals surface area contributed by atoms with Crippen molar-refractivity contribution in [3.63, 3.8) is 0 Å². The number of likely N-dealkylation sites (tertiary alicyclic amines) is 1. The highest BCUT2D eigenvalue weighted by Gasteiger charge is 2.10. The van der Waals surface area contributed by atoms with Crippen molar-refractivity contribution in [2.45, 2.75) is 19.3 Å². The van der Waals surface area contributed by atoms with Crippen LogP contribution in [0.25, 0.3) is 10.9 Å². The second-order valence-corrected chi connectivity index (χ2v) is 5.20. The number of hydrogen-bond donors (Lipinski definition) is 1. The summed E-state index contributed by atoms with van der Waals surface area (Å²) in [6.07, 6.45) is 5.84. The van der Waals surface area contributed by atoms with Crippen LogP contribution in [0.15, 0.2) is 36.5 Å². The number of aromatic nitrogens is 1. The average Bonchev–Trinajstić information content (AvgIpc) is 2.97. The molecule has 3 rings (SSSR count). The SMILES string of the molecule is c1ccc2c(NCCCN3CCCC3)ccnc2c1. The number of hydrogen-bond acceptors (Lipinski definition) is 3. The molecule has 3 heteroatoms. The molecule has 0 amide bonds. The minimum atomic E-state index is 1.03. The summed E-state index contributed by atoms with van der Waals surface area (Å²) in [5, 5.41) is 4.76. The summed E-state index contributed by atoms with van der Waals surface area (Å²) in [5.41, 5.74) is 2.26. The van der Waals surface area contributed by atoms with Crippen molar-refractivity contribution in [2.75, 3.05) is 31.5 Å². The van der Waals surface area contributed by atoms with Gasteiger partial charge in [0.25, 0.3) is 0 Å². The van der Waals surface area contributed by atoms with Crippen LogP contribution in [0.4, 0.5) is 5.69 Å². The average molecular weight is 255 g/mol. The van der Waals surface area contributed by atoms with Crippen LogP contribution in [0.5, 0.6) is 0 Å². The van der Waals surface area contributed by atoms with Crippen molar-refractivity contribution in [1.82, 2.24) is 9.88 Å². The van der Waals surface area contributed by atoms with Crippen molar-refractivity contribution in [3.8, 4) is 0 Å². The smallest absolute Gasteiger partial charge is 0.0722 e. The molecule has 0 saturated carbocycles. The summed E-state index contributed by atoms with van der Waals surface area (Å²) in [6.45, 7) is 4.83. The van der Waals surface area contributed by atoms with Gasteiger partial charge in [0.1, 0.15) is 0 Å². The van der Waals surface area contributed by atoms with Crippen LogP contribution < -0.4 is 5.32 Å². The first-order valence-corrected chi connectivity index (χ1v) is 7.23. The van der Waals surface area contributed by atoms with Gasteiger partial charge in [0.05, 0.1) is 5.52 Å². The van der Waals surface area contributed by atoms with Crippen molar-refractivity contribution in [3.05, 3.63) is 36.5 Å². The fourth-order valence-corrected chi connectivity index (χ4v) is 2.78. The zero-order valence-electron chi connectivity index (χ0n) is 11.3. The lowest BCUT2D eigenvalue weighted by molar-refractivity contribution is 0.337. The Hall–Kier alpha value is -1.61. The molecule has 0 radical (unpaired) electrons. The predicted octanol–water partition coefficient (Wildman–Crippen LogP) is 3.13. The normalized spacial score (nSPS) is 16.0. The second kappa shape index (κ2) is 6.02. The molecule has 1 aliphatic heterocycles. The molecule has 1 aliphatic rings. The number of pyridine rings is 1. The molecule has 0 bridgehead atoms. The molecule has 1 saturated heterocycles. The van der Waals surface area contributed by atoms with E-state index in [9.17, 15) is 0 Å². The number of para-hydroxylation sites is 1. The van der Waals surface area contributed by atoms with Gasteiger partial charge in [0.2, 0.25) is 0 Å². The maximum atomic E-state index is 4.38. The fourth-order valence-electron chi connectivity index (χ4n) is 2.78. The number of anilines is 1. The molecular weight excluding hydrogens is 234 g/mol. The van der Waals surface area contributed by atoms with Gasteiger partial charge in [-0.25, -0.2) is 0 Å². The molecule has 0 unspecified atom stereocenters. The summed E-state index contributed by atoms with van der Waals surface area (Å²) in [5.74, 6) is 0. The molecule has 0 aliphatic carbocycles.